The smallest absolute Gasteiger partial charge is 0.123 e. The molecule has 0 heterocycles. The van der Waals surface area contributed by atoms with Crippen molar-refractivity contribution in [2.75, 3.05) is 0 Å². The lowest BCUT2D eigenvalue weighted by atomic mass is 9.94. The lowest BCUT2D eigenvalue weighted by molar-refractivity contribution is 0.570. The maximum Gasteiger partial charge on any atom is 0.123 e. The van der Waals surface area contributed by atoms with E-state index >= 15 is 0 Å². The monoisotopic (exact) mass is 244 g/mol. The van der Waals surface area contributed by atoms with Gasteiger partial charge in [0.25, 0.3) is 0 Å². The van der Waals surface area contributed by atoms with Gasteiger partial charge in [-0.3, -0.25) is 0 Å². The fraction of sp³-hybridized carbons (Fsp3) is 0.200. The van der Waals surface area contributed by atoms with Crippen LogP contribution in [-0.4, -0.2) is 0 Å². The summed E-state index contributed by atoms with van der Waals surface area (Å²) < 4.78 is 12.8. The van der Waals surface area contributed by atoms with E-state index in [0.29, 0.717) is 0 Å². The van der Waals surface area contributed by atoms with Crippen LogP contribution in [0.25, 0.3) is 0 Å². The maximum atomic E-state index is 12.8. The molecule has 0 bridgehead atoms. The Morgan fingerprint density at radius 1 is 0.778 bits per heavy atom. The predicted octanol–water partition coefficient (Wildman–Crippen LogP) is 2.83. The molecule has 18 heavy (non-hydrogen) atoms. The molecular weight excluding hydrogens is 227 g/mol. The summed E-state index contributed by atoms with van der Waals surface area (Å²) in [4.78, 5) is 0. The maximum absolute atomic E-state index is 12.8. The lowest BCUT2D eigenvalue weighted by Gasteiger charge is -2.20. The molecule has 0 aromatic heterocycles. The van der Waals surface area contributed by atoms with Crippen molar-refractivity contribution >= 4 is 0 Å². The third-order valence-electron chi connectivity index (χ3n) is 3.10. The highest BCUT2D eigenvalue weighted by molar-refractivity contribution is 5.29. The molecule has 2 aromatic rings. The second-order valence-electron chi connectivity index (χ2n) is 4.51. The zero-order valence-corrected chi connectivity index (χ0v) is 10.3. The third kappa shape index (κ3) is 2.75. The van der Waals surface area contributed by atoms with Crippen molar-refractivity contribution < 1.29 is 4.39 Å². The second-order valence-corrected chi connectivity index (χ2v) is 4.51. The summed E-state index contributed by atoms with van der Waals surface area (Å²) in [7, 11) is 0. The van der Waals surface area contributed by atoms with E-state index in [2.05, 4.69) is 0 Å². The fourth-order valence-corrected chi connectivity index (χ4v) is 1.89. The van der Waals surface area contributed by atoms with Crippen molar-refractivity contribution in [3.05, 3.63) is 71.0 Å². The third-order valence-corrected chi connectivity index (χ3v) is 3.10. The first-order valence-electron chi connectivity index (χ1n) is 5.91. The van der Waals surface area contributed by atoms with E-state index in [9.17, 15) is 4.39 Å². The van der Waals surface area contributed by atoms with Crippen LogP contribution >= 0.6 is 0 Å². The number of hydrogen-bond acceptors (Lipinski definition) is 2. The number of nitrogens with two attached hydrogens (primary N) is 2. The number of aryl methyl sites for hydroxylation is 1. The van der Waals surface area contributed by atoms with Crippen LogP contribution in [0.4, 0.5) is 4.39 Å². The van der Waals surface area contributed by atoms with Gasteiger partial charge in [-0.05, 0) is 30.2 Å². The van der Waals surface area contributed by atoms with Crippen molar-refractivity contribution in [2.45, 2.75) is 19.0 Å². The van der Waals surface area contributed by atoms with Gasteiger partial charge in [0.15, 0.2) is 0 Å². The lowest BCUT2D eigenvalue weighted by Crippen LogP contribution is -2.26. The Hall–Kier alpha value is -1.71. The molecule has 0 spiro atoms. The molecule has 0 aliphatic heterocycles. The molecule has 0 unspecified atom stereocenters. The molecule has 0 fully saturated rings. The van der Waals surface area contributed by atoms with Crippen LogP contribution in [0.2, 0.25) is 0 Å². The van der Waals surface area contributed by atoms with Crippen molar-refractivity contribution in [3.63, 3.8) is 0 Å². The van der Waals surface area contributed by atoms with E-state index in [1.807, 2.05) is 31.2 Å². The SMILES string of the molecule is Cc1ccc([C@H](N)[C@@H](N)c2ccc(F)cc2)cc1. The first-order valence-corrected chi connectivity index (χ1v) is 5.91. The van der Waals surface area contributed by atoms with Gasteiger partial charge < -0.3 is 11.5 Å². The normalized spacial score (nSPS) is 14.2. The molecule has 2 aromatic carbocycles. The minimum absolute atomic E-state index is 0.269. The van der Waals surface area contributed by atoms with E-state index in [-0.39, 0.29) is 17.9 Å². The Morgan fingerprint density at radius 3 is 1.61 bits per heavy atom. The van der Waals surface area contributed by atoms with Crippen molar-refractivity contribution in [1.29, 1.82) is 0 Å². The Balaban J connectivity index is 2.20. The van der Waals surface area contributed by atoms with Crippen LogP contribution in [0.5, 0.6) is 0 Å². The summed E-state index contributed by atoms with van der Waals surface area (Å²) in [5.41, 5.74) is 15.3. The number of hydrogen-bond donors (Lipinski definition) is 2. The fourth-order valence-electron chi connectivity index (χ4n) is 1.89. The minimum Gasteiger partial charge on any atom is -0.322 e. The summed E-state index contributed by atoms with van der Waals surface area (Å²) in [5.74, 6) is -0.269. The number of benzene rings is 2. The van der Waals surface area contributed by atoms with Gasteiger partial charge in [0.2, 0.25) is 0 Å². The molecule has 2 rings (SSSR count). The standard InChI is InChI=1S/C15H17FN2/c1-10-2-4-11(5-3-10)14(17)15(18)12-6-8-13(16)9-7-12/h2-9,14-15H,17-18H2,1H3/t14-,15-/m0/s1. The molecule has 0 aliphatic rings. The molecule has 0 aliphatic carbocycles. The van der Waals surface area contributed by atoms with Gasteiger partial charge in [-0.15, -0.1) is 0 Å². The zero-order chi connectivity index (χ0) is 13.1. The van der Waals surface area contributed by atoms with E-state index < -0.39 is 0 Å². The molecule has 3 heteroatoms. The average Bonchev–Trinajstić information content (AvgIpc) is 2.39. The summed E-state index contributed by atoms with van der Waals surface area (Å²) in [6.45, 7) is 2.02. The zero-order valence-electron chi connectivity index (χ0n) is 10.3. The predicted molar refractivity (Wildman–Crippen MR) is 71.4 cm³/mol. The second kappa shape index (κ2) is 5.29. The van der Waals surface area contributed by atoms with Gasteiger partial charge >= 0.3 is 0 Å². The summed E-state index contributed by atoms with van der Waals surface area (Å²) in [5, 5.41) is 0. The Bertz CT molecular complexity index is 456. The van der Waals surface area contributed by atoms with Gasteiger partial charge in [0, 0.05) is 12.1 Å². The first kappa shape index (κ1) is 12.7. The molecule has 0 saturated heterocycles. The summed E-state index contributed by atoms with van der Waals surface area (Å²) in [6.07, 6.45) is 0. The van der Waals surface area contributed by atoms with Gasteiger partial charge in [-0.2, -0.15) is 0 Å². The highest BCUT2D eigenvalue weighted by atomic mass is 19.1. The van der Waals surface area contributed by atoms with E-state index in [4.69, 9.17) is 11.5 Å². The van der Waals surface area contributed by atoms with E-state index in [1.54, 1.807) is 12.1 Å². The minimum atomic E-state index is -0.340. The van der Waals surface area contributed by atoms with E-state index in [0.717, 1.165) is 11.1 Å². The van der Waals surface area contributed by atoms with Crippen LogP contribution in [0, 0.1) is 12.7 Å². The molecule has 2 atom stereocenters. The molecule has 0 amide bonds. The first-order chi connectivity index (χ1) is 8.58. The van der Waals surface area contributed by atoms with Gasteiger partial charge in [-0.1, -0.05) is 42.0 Å². The summed E-state index contributed by atoms with van der Waals surface area (Å²) >= 11 is 0. The molecule has 94 valence electrons. The van der Waals surface area contributed by atoms with Gasteiger partial charge in [0.1, 0.15) is 5.82 Å². The van der Waals surface area contributed by atoms with Crippen molar-refractivity contribution in [3.8, 4) is 0 Å². The Labute approximate surface area is 106 Å². The average molecular weight is 244 g/mol. The Kier molecular flexibility index (Phi) is 3.75. The van der Waals surface area contributed by atoms with Crippen molar-refractivity contribution in [1.82, 2.24) is 0 Å². The van der Waals surface area contributed by atoms with Crippen LogP contribution in [0.1, 0.15) is 28.8 Å². The molecule has 0 radical (unpaired) electrons. The van der Waals surface area contributed by atoms with Crippen LogP contribution in [-0.2, 0) is 0 Å². The molecule has 2 nitrogen and oxygen atoms in total. The van der Waals surface area contributed by atoms with Gasteiger partial charge in [-0.25, -0.2) is 4.39 Å². The van der Waals surface area contributed by atoms with Gasteiger partial charge in [0.05, 0.1) is 0 Å². The quantitative estimate of drug-likeness (QED) is 0.872. The molecule has 4 N–H and O–H groups in total. The van der Waals surface area contributed by atoms with Crippen LogP contribution in [0.3, 0.4) is 0 Å². The highest BCUT2D eigenvalue weighted by Crippen LogP contribution is 2.24. The Morgan fingerprint density at radius 2 is 1.17 bits per heavy atom. The van der Waals surface area contributed by atoms with Crippen LogP contribution < -0.4 is 11.5 Å². The largest absolute Gasteiger partial charge is 0.322 e. The number of halogens is 1. The van der Waals surface area contributed by atoms with Crippen molar-refractivity contribution in [2.24, 2.45) is 11.5 Å². The summed E-state index contributed by atoms with van der Waals surface area (Å²) in [6, 6.07) is 13.5. The highest BCUT2D eigenvalue weighted by Gasteiger charge is 2.17. The molecular formula is C15H17FN2. The number of rotatable bonds is 3. The van der Waals surface area contributed by atoms with Crippen LogP contribution in [0.15, 0.2) is 48.5 Å². The van der Waals surface area contributed by atoms with E-state index in [1.165, 1.54) is 17.7 Å². The molecule has 0 saturated carbocycles. The topological polar surface area (TPSA) is 52.0 Å².